The standard InChI is InChI=1S/C18H20N4O2S/c1-14(15-5-4-8-19-13-15)21-9-11-22(12-10-21)18-16-6-2-3-7-17(16)25(23,24)20-18/h2-8,13-14H,9-12H2,1H3. The van der Waals surface area contributed by atoms with E-state index in [9.17, 15) is 8.42 Å². The maximum absolute atomic E-state index is 12.2. The number of piperazine rings is 1. The zero-order valence-electron chi connectivity index (χ0n) is 14.0. The molecule has 2 aromatic rings. The van der Waals surface area contributed by atoms with Gasteiger partial charge in [-0.1, -0.05) is 18.2 Å². The van der Waals surface area contributed by atoms with Gasteiger partial charge in [0.2, 0.25) is 0 Å². The molecule has 2 aliphatic rings. The molecule has 3 heterocycles. The fourth-order valence-corrected chi connectivity index (χ4v) is 4.70. The summed E-state index contributed by atoms with van der Waals surface area (Å²) in [5.41, 5.74) is 1.92. The molecular formula is C18H20N4O2S. The molecule has 1 atom stereocenters. The van der Waals surface area contributed by atoms with Gasteiger partial charge in [0, 0.05) is 50.2 Å². The Labute approximate surface area is 147 Å². The van der Waals surface area contributed by atoms with Crippen molar-refractivity contribution in [2.45, 2.75) is 17.9 Å². The zero-order valence-corrected chi connectivity index (χ0v) is 14.9. The predicted octanol–water partition coefficient (Wildman–Crippen LogP) is 1.91. The maximum Gasteiger partial charge on any atom is 0.285 e. The third-order valence-electron chi connectivity index (χ3n) is 4.94. The van der Waals surface area contributed by atoms with Crippen LogP contribution in [-0.4, -0.2) is 55.2 Å². The van der Waals surface area contributed by atoms with E-state index in [-0.39, 0.29) is 6.04 Å². The van der Waals surface area contributed by atoms with Crippen molar-refractivity contribution in [3.05, 3.63) is 59.9 Å². The van der Waals surface area contributed by atoms with E-state index in [1.54, 1.807) is 18.3 Å². The van der Waals surface area contributed by atoms with Crippen LogP contribution in [0.5, 0.6) is 0 Å². The van der Waals surface area contributed by atoms with Gasteiger partial charge in [0.15, 0.2) is 5.84 Å². The molecule has 1 saturated heterocycles. The molecule has 0 N–H and O–H groups in total. The molecule has 0 radical (unpaired) electrons. The van der Waals surface area contributed by atoms with Crippen LogP contribution in [0.2, 0.25) is 0 Å². The molecule has 2 aliphatic heterocycles. The molecule has 0 amide bonds. The summed E-state index contributed by atoms with van der Waals surface area (Å²) in [6.45, 7) is 5.41. The number of amidine groups is 1. The second-order valence-corrected chi connectivity index (χ2v) is 7.94. The normalized spacial score (nSPS) is 20.8. The summed E-state index contributed by atoms with van der Waals surface area (Å²) in [6, 6.07) is 11.4. The minimum Gasteiger partial charge on any atom is -0.353 e. The van der Waals surface area contributed by atoms with Crippen LogP contribution in [0.15, 0.2) is 58.1 Å². The second kappa shape index (κ2) is 6.24. The van der Waals surface area contributed by atoms with Gasteiger partial charge >= 0.3 is 0 Å². The average molecular weight is 356 g/mol. The van der Waals surface area contributed by atoms with Crippen LogP contribution in [0, 0.1) is 0 Å². The van der Waals surface area contributed by atoms with Crippen molar-refractivity contribution >= 4 is 15.9 Å². The maximum atomic E-state index is 12.2. The van der Waals surface area contributed by atoms with Crippen molar-refractivity contribution in [3.63, 3.8) is 0 Å². The number of benzene rings is 1. The molecule has 25 heavy (non-hydrogen) atoms. The van der Waals surface area contributed by atoms with E-state index in [0.29, 0.717) is 10.7 Å². The first-order chi connectivity index (χ1) is 12.1. The smallest absolute Gasteiger partial charge is 0.285 e. The molecule has 1 aromatic carbocycles. The Kier molecular flexibility index (Phi) is 4.05. The van der Waals surface area contributed by atoms with Gasteiger partial charge in [-0.2, -0.15) is 8.42 Å². The highest BCUT2D eigenvalue weighted by molar-refractivity contribution is 7.90. The van der Waals surface area contributed by atoms with Crippen LogP contribution < -0.4 is 0 Å². The van der Waals surface area contributed by atoms with Crippen molar-refractivity contribution in [2.24, 2.45) is 4.40 Å². The van der Waals surface area contributed by atoms with Crippen molar-refractivity contribution in [1.82, 2.24) is 14.8 Å². The number of pyridine rings is 1. The first-order valence-electron chi connectivity index (χ1n) is 8.39. The summed E-state index contributed by atoms with van der Waals surface area (Å²) < 4.78 is 28.5. The highest BCUT2D eigenvalue weighted by Gasteiger charge is 2.33. The lowest BCUT2D eigenvalue weighted by Gasteiger charge is -2.38. The van der Waals surface area contributed by atoms with Gasteiger partial charge in [-0.25, -0.2) is 0 Å². The summed E-state index contributed by atoms with van der Waals surface area (Å²) in [7, 11) is -3.55. The summed E-state index contributed by atoms with van der Waals surface area (Å²) in [4.78, 5) is 8.98. The van der Waals surface area contributed by atoms with Crippen molar-refractivity contribution in [1.29, 1.82) is 0 Å². The summed E-state index contributed by atoms with van der Waals surface area (Å²) in [5, 5.41) is 0. The second-order valence-electron chi connectivity index (χ2n) is 6.37. The van der Waals surface area contributed by atoms with E-state index in [0.717, 1.165) is 31.7 Å². The van der Waals surface area contributed by atoms with Crippen LogP contribution in [0.4, 0.5) is 0 Å². The molecule has 0 bridgehead atoms. The predicted molar refractivity (Wildman–Crippen MR) is 96.0 cm³/mol. The van der Waals surface area contributed by atoms with Gasteiger partial charge in [0.25, 0.3) is 10.0 Å². The number of nitrogens with zero attached hydrogens (tertiary/aromatic N) is 4. The molecular weight excluding hydrogens is 336 g/mol. The fourth-order valence-electron chi connectivity index (χ4n) is 3.47. The topological polar surface area (TPSA) is 65.9 Å². The van der Waals surface area contributed by atoms with Gasteiger partial charge < -0.3 is 4.90 Å². The van der Waals surface area contributed by atoms with E-state index in [4.69, 9.17) is 0 Å². The van der Waals surface area contributed by atoms with E-state index in [2.05, 4.69) is 32.2 Å². The quantitative estimate of drug-likeness (QED) is 0.822. The van der Waals surface area contributed by atoms with Crippen LogP contribution in [0.1, 0.15) is 24.1 Å². The van der Waals surface area contributed by atoms with E-state index in [1.807, 2.05) is 24.4 Å². The number of rotatable bonds is 2. The molecule has 1 unspecified atom stereocenters. The Hall–Kier alpha value is -2.25. The lowest BCUT2D eigenvalue weighted by atomic mass is 10.1. The Morgan fingerprint density at radius 3 is 2.52 bits per heavy atom. The van der Waals surface area contributed by atoms with E-state index >= 15 is 0 Å². The zero-order chi connectivity index (χ0) is 17.4. The molecule has 0 spiro atoms. The van der Waals surface area contributed by atoms with Crippen LogP contribution >= 0.6 is 0 Å². The molecule has 7 heteroatoms. The highest BCUT2D eigenvalue weighted by atomic mass is 32.2. The Morgan fingerprint density at radius 2 is 1.80 bits per heavy atom. The van der Waals surface area contributed by atoms with E-state index in [1.165, 1.54) is 5.56 Å². The first kappa shape index (κ1) is 16.2. The summed E-state index contributed by atoms with van der Waals surface area (Å²) in [6.07, 6.45) is 3.69. The van der Waals surface area contributed by atoms with Crippen LogP contribution in [0.3, 0.4) is 0 Å². The fraction of sp³-hybridized carbons (Fsp3) is 0.333. The Balaban J connectivity index is 1.50. The van der Waals surface area contributed by atoms with Crippen molar-refractivity contribution in [2.75, 3.05) is 26.2 Å². The first-order valence-corrected chi connectivity index (χ1v) is 9.83. The lowest BCUT2D eigenvalue weighted by molar-refractivity contribution is 0.141. The monoisotopic (exact) mass is 356 g/mol. The summed E-state index contributed by atoms with van der Waals surface area (Å²) >= 11 is 0. The van der Waals surface area contributed by atoms with Crippen LogP contribution in [-0.2, 0) is 10.0 Å². The molecule has 6 nitrogen and oxygen atoms in total. The van der Waals surface area contributed by atoms with Crippen molar-refractivity contribution < 1.29 is 8.42 Å². The van der Waals surface area contributed by atoms with Gasteiger partial charge in [0.05, 0.1) is 0 Å². The molecule has 130 valence electrons. The molecule has 4 rings (SSSR count). The van der Waals surface area contributed by atoms with Gasteiger partial charge in [-0.3, -0.25) is 9.88 Å². The van der Waals surface area contributed by atoms with Gasteiger partial charge in [0.1, 0.15) is 4.90 Å². The van der Waals surface area contributed by atoms with Crippen LogP contribution in [0.25, 0.3) is 0 Å². The minimum absolute atomic E-state index is 0.289. The Bertz CT molecular complexity index is 904. The molecule has 0 saturated carbocycles. The molecule has 1 fully saturated rings. The summed E-state index contributed by atoms with van der Waals surface area (Å²) in [5.74, 6) is 0.587. The molecule has 0 aliphatic carbocycles. The number of sulfonamides is 1. The molecule has 1 aromatic heterocycles. The SMILES string of the molecule is CC(c1cccnc1)N1CCN(C2=NS(=O)(=O)c3ccccc32)CC1. The average Bonchev–Trinajstić information content (AvgIpc) is 2.94. The third-order valence-corrected chi connectivity index (χ3v) is 6.27. The number of hydrogen-bond acceptors (Lipinski definition) is 5. The number of fused-ring (bicyclic) bond motifs is 1. The minimum atomic E-state index is -3.55. The largest absolute Gasteiger partial charge is 0.353 e. The number of aromatic nitrogens is 1. The number of hydrogen-bond donors (Lipinski definition) is 0. The highest BCUT2D eigenvalue weighted by Crippen LogP contribution is 2.28. The lowest BCUT2D eigenvalue weighted by Crippen LogP contribution is -2.49. The van der Waals surface area contributed by atoms with Gasteiger partial charge in [-0.05, 0) is 30.7 Å². The van der Waals surface area contributed by atoms with Gasteiger partial charge in [-0.15, -0.1) is 4.40 Å². The Morgan fingerprint density at radius 1 is 1.04 bits per heavy atom. The van der Waals surface area contributed by atoms with Crippen molar-refractivity contribution in [3.8, 4) is 0 Å². The van der Waals surface area contributed by atoms with E-state index < -0.39 is 10.0 Å². The third kappa shape index (κ3) is 2.94.